The van der Waals surface area contributed by atoms with Gasteiger partial charge < -0.3 is 4.74 Å². The van der Waals surface area contributed by atoms with E-state index in [0.717, 1.165) is 77.3 Å². The molecule has 0 bridgehead atoms. The number of nitrogens with zero attached hydrogens (tertiary/aromatic N) is 10. The summed E-state index contributed by atoms with van der Waals surface area (Å²) in [6.07, 6.45) is 0.158. The molecule has 2 aliphatic rings. The van der Waals surface area contributed by atoms with Crippen LogP contribution in [0.25, 0.3) is 0 Å². The summed E-state index contributed by atoms with van der Waals surface area (Å²) in [5.41, 5.74) is 4.86. The van der Waals surface area contributed by atoms with Crippen LogP contribution in [0.15, 0.2) is 108 Å². The lowest BCUT2D eigenvalue weighted by molar-refractivity contribution is 0.164. The van der Waals surface area contributed by atoms with E-state index in [2.05, 4.69) is 124 Å². The van der Waals surface area contributed by atoms with E-state index >= 15 is 0 Å². The molecule has 0 saturated heterocycles. The number of rotatable bonds is 8. The third kappa shape index (κ3) is 7.94. The Morgan fingerprint density at radius 3 is 1.78 bits per heavy atom. The molecule has 0 spiro atoms. The van der Waals surface area contributed by atoms with Gasteiger partial charge in [-0.05, 0) is 93.4 Å². The molecule has 4 heterocycles. The summed E-state index contributed by atoms with van der Waals surface area (Å²) in [4.78, 5) is 4.83. The Labute approximate surface area is 304 Å². The van der Waals surface area contributed by atoms with Crippen molar-refractivity contribution < 1.29 is 4.74 Å². The molecule has 256 valence electrons. The van der Waals surface area contributed by atoms with E-state index in [9.17, 15) is 0 Å². The zero-order valence-corrected chi connectivity index (χ0v) is 30.3. The Balaban J connectivity index is 0.000000159. The first-order valence-electron chi connectivity index (χ1n) is 16.7. The second kappa shape index (κ2) is 15.6. The summed E-state index contributed by atoms with van der Waals surface area (Å²) < 4.78 is 10.7. The minimum Gasteiger partial charge on any atom is -0.491 e. The van der Waals surface area contributed by atoms with E-state index in [-0.39, 0.29) is 18.2 Å². The summed E-state index contributed by atoms with van der Waals surface area (Å²) in [5.74, 6) is 2.64. The zero-order chi connectivity index (χ0) is 34.5. The normalized spacial score (nSPS) is 17.5. The maximum absolute atomic E-state index is 6.04. The molecule has 0 saturated carbocycles. The van der Waals surface area contributed by atoms with Gasteiger partial charge in [-0.15, -0.1) is 10.2 Å². The van der Waals surface area contributed by atoms with Crippen molar-refractivity contribution in [1.29, 1.82) is 0 Å². The summed E-state index contributed by atoms with van der Waals surface area (Å²) in [6.45, 7) is 9.15. The molecule has 6 aromatic rings. The van der Waals surface area contributed by atoms with Crippen molar-refractivity contribution in [3.63, 3.8) is 0 Å². The second-order valence-corrected chi connectivity index (χ2v) is 14.0. The van der Waals surface area contributed by atoms with Gasteiger partial charge >= 0.3 is 0 Å². The fourth-order valence-corrected chi connectivity index (χ4v) is 7.13. The van der Waals surface area contributed by atoms with Gasteiger partial charge in [0.05, 0.1) is 31.3 Å². The number of ether oxygens (including phenoxy) is 1. The van der Waals surface area contributed by atoms with E-state index in [1.807, 2.05) is 59.6 Å². The average molecular weight is 754 g/mol. The first-order valence-corrected chi connectivity index (χ1v) is 17.9. The summed E-state index contributed by atoms with van der Waals surface area (Å²) in [7, 11) is 0. The molecule has 50 heavy (non-hydrogen) atoms. The highest BCUT2D eigenvalue weighted by atomic mass is 79.9. The maximum Gasteiger partial charge on any atom is 0.173 e. The minimum absolute atomic E-state index is 0.0147. The SMILES string of the molecule is CC(C)Oc1ccc(C2c3nnnn3CCN2Cc2cccc(Br)c2)cc1.Clc1ccc(C2c3nnnn3CCN2Cc2ccccc2)cc1. The van der Waals surface area contributed by atoms with Gasteiger partial charge in [-0.1, -0.05) is 94.3 Å². The van der Waals surface area contributed by atoms with Crippen LogP contribution in [-0.2, 0) is 26.2 Å². The zero-order valence-electron chi connectivity index (χ0n) is 27.9. The third-order valence-electron chi connectivity index (χ3n) is 8.79. The summed E-state index contributed by atoms with van der Waals surface area (Å²) in [6, 6.07) is 35.2. The monoisotopic (exact) mass is 752 g/mol. The van der Waals surface area contributed by atoms with Crippen molar-refractivity contribution in [2.75, 3.05) is 13.1 Å². The molecule has 11 nitrogen and oxygen atoms in total. The summed E-state index contributed by atoms with van der Waals surface area (Å²) >= 11 is 9.60. The Kier molecular flexibility index (Phi) is 10.6. The minimum atomic E-state index is 0.0147. The van der Waals surface area contributed by atoms with Gasteiger partial charge in [-0.25, -0.2) is 9.36 Å². The molecule has 2 aromatic heterocycles. The van der Waals surface area contributed by atoms with Crippen molar-refractivity contribution in [2.45, 2.75) is 58.2 Å². The van der Waals surface area contributed by atoms with Gasteiger partial charge in [0.25, 0.3) is 0 Å². The quantitative estimate of drug-likeness (QED) is 0.167. The van der Waals surface area contributed by atoms with Crippen molar-refractivity contribution in [3.05, 3.63) is 147 Å². The van der Waals surface area contributed by atoms with Crippen LogP contribution >= 0.6 is 27.5 Å². The first kappa shape index (κ1) is 34.0. The van der Waals surface area contributed by atoms with Crippen LogP contribution in [0, 0.1) is 0 Å². The van der Waals surface area contributed by atoms with Crippen molar-refractivity contribution in [2.24, 2.45) is 0 Å². The van der Waals surface area contributed by atoms with Crippen LogP contribution in [0.3, 0.4) is 0 Å². The van der Waals surface area contributed by atoms with Gasteiger partial charge in [0, 0.05) is 35.7 Å². The van der Waals surface area contributed by atoms with E-state index in [1.165, 1.54) is 11.1 Å². The highest BCUT2D eigenvalue weighted by molar-refractivity contribution is 9.10. The Morgan fingerprint density at radius 2 is 1.22 bits per heavy atom. The third-order valence-corrected chi connectivity index (χ3v) is 9.54. The average Bonchev–Trinajstić information content (AvgIpc) is 3.80. The van der Waals surface area contributed by atoms with E-state index in [0.29, 0.717) is 0 Å². The van der Waals surface area contributed by atoms with Gasteiger partial charge in [-0.2, -0.15) is 0 Å². The topological polar surface area (TPSA) is 103 Å². The van der Waals surface area contributed by atoms with Crippen LogP contribution in [-0.4, -0.2) is 69.4 Å². The maximum atomic E-state index is 6.04. The number of aromatic nitrogens is 8. The Bertz CT molecular complexity index is 1980. The first-order chi connectivity index (χ1) is 24.4. The largest absolute Gasteiger partial charge is 0.491 e. The van der Waals surface area contributed by atoms with Crippen LogP contribution in [0.5, 0.6) is 5.75 Å². The van der Waals surface area contributed by atoms with Crippen molar-refractivity contribution >= 4 is 27.5 Å². The fraction of sp³-hybridized carbons (Fsp3) is 0.297. The van der Waals surface area contributed by atoms with Gasteiger partial charge in [0.15, 0.2) is 11.6 Å². The molecule has 4 aromatic carbocycles. The molecule has 0 radical (unpaired) electrons. The lowest BCUT2D eigenvalue weighted by Gasteiger charge is -2.35. The molecule has 13 heteroatoms. The van der Waals surface area contributed by atoms with Crippen LogP contribution in [0.4, 0.5) is 0 Å². The highest BCUT2D eigenvalue weighted by Crippen LogP contribution is 2.34. The van der Waals surface area contributed by atoms with Gasteiger partial charge in [-0.3, -0.25) is 9.80 Å². The van der Waals surface area contributed by atoms with Crippen molar-refractivity contribution in [3.8, 4) is 5.75 Å². The molecule has 2 unspecified atom stereocenters. The lowest BCUT2D eigenvalue weighted by Crippen LogP contribution is -2.38. The standard InChI is InChI=1S/C20H22BrN5O.C17H16ClN5/c1-14(2)27-18-8-6-16(7-9-18)19-20-22-23-24-26(20)11-10-25(19)13-15-4-3-5-17(21)12-15;18-15-8-6-14(7-9-15)16-17-19-20-21-23(17)11-10-22(16)12-13-4-2-1-3-5-13/h3-9,12,14,19H,10-11,13H2,1-2H3;1-9,16H,10-12H2. The molecule has 2 atom stereocenters. The molecule has 0 amide bonds. The smallest absolute Gasteiger partial charge is 0.173 e. The molecular formula is C37H38BrClN10O. The molecule has 2 aliphatic heterocycles. The number of tetrazole rings is 2. The van der Waals surface area contributed by atoms with E-state index < -0.39 is 0 Å². The van der Waals surface area contributed by atoms with E-state index in [1.54, 1.807) is 0 Å². The fourth-order valence-electron chi connectivity index (χ4n) is 6.56. The Morgan fingerprint density at radius 1 is 0.680 bits per heavy atom. The highest BCUT2D eigenvalue weighted by Gasteiger charge is 2.33. The molecule has 0 aliphatic carbocycles. The van der Waals surface area contributed by atoms with Crippen LogP contribution < -0.4 is 4.74 Å². The number of halogens is 2. The number of hydrogen-bond donors (Lipinski definition) is 0. The molecule has 0 fully saturated rings. The lowest BCUT2D eigenvalue weighted by atomic mass is 10.0. The molecular weight excluding hydrogens is 716 g/mol. The second-order valence-electron chi connectivity index (χ2n) is 12.7. The number of fused-ring (bicyclic) bond motifs is 2. The number of hydrogen-bond acceptors (Lipinski definition) is 9. The van der Waals surface area contributed by atoms with Crippen LogP contribution in [0.2, 0.25) is 5.02 Å². The molecule has 0 N–H and O–H groups in total. The Hall–Kier alpha value is -4.49. The predicted octanol–water partition coefficient (Wildman–Crippen LogP) is 6.76. The van der Waals surface area contributed by atoms with E-state index in [4.69, 9.17) is 16.3 Å². The van der Waals surface area contributed by atoms with Crippen molar-refractivity contribution in [1.82, 2.24) is 50.2 Å². The van der Waals surface area contributed by atoms with Gasteiger partial charge in [0.2, 0.25) is 0 Å². The van der Waals surface area contributed by atoms with Crippen LogP contribution in [0.1, 0.15) is 59.8 Å². The molecule has 8 rings (SSSR count). The number of benzene rings is 4. The van der Waals surface area contributed by atoms with Gasteiger partial charge in [0.1, 0.15) is 5.75 Å². The predicted molar refractivity (Wildman–Crippen MR) is 194 cm³/mol. The summed E-state index contributed by atoms with van der Waals surface area (Å²) in [5, 5.41) is 25.3.